The molecule has 0 atom stereocenters. The minimum absolute atomic E-state index is 0.305. The lowest BCUT2D eigenvalue weighted by molar-refractivity contribution is 0.337. The molecule has 2 rings (SSSR count). The average molecular weight is 305 g/mol. The van der Waals surface area contributed by atoms with E-state index in [9.17, 15) is 8.42 Å². The van der Waals surface area contributed by atoms with Gasteiger partial charge in [-0.15, -0.1) is 0 Å². The van der Waals surface area contributed by atoms with Gasteiger partial charge in [-0.25, -0.2) is 8.42 Å². The van der Waals surface area contributed by atoms with Gasteiger partial charge in [0, 0.05) is 18.4 Å². The van der Waals surface area contributed by atoms with E-state index < -0.39 is 9.84 Å². The summed E-state index contributed by atoms with van der Waals surface area (Å²) in [7, 11) is -3.25. The van der Waals surface area contributed by atoms with Gasteiger partial charge in [0.15, 0.2) is 9.84 Å². The molecular weight excluding hydrogens is 286 g/mol. The zero-order chi connectivity index (χ0) is 15.3. The Morgan fingerprint density at radius 1 is 1.05 bits per heavy atom. The van der Waals surface area contributed by atoms with Crippen LogP contribution < -0.4 is 10.1 Å². The molecule has 0 amide bonds. The predicted octanol–water partition coefficient (Wildman–Crippen LogP) is 3.10. The molecule has 0 aromatic heterocycles. The first-order valence-electron chi connectivity index (χ1n) is 6.76. The maximum absolute atomic E-state index is 11.8. The van der Waals surface area contributed by atoms with E-state index in [-0.39, 0.29) is 0 Å². The second-order valence-corrected chi connectivity index (χ2v) is 6.65. The van der Waals surface area contributed by atoms with Crippen molar-refractivity contribution in [1.82, 2.24) is 0 Å². The Kier molecular flexibility index (Phi) is 4.85. The van der Waals surface area contributed by atoms with Gasteiger partial charge in [0.2, 0.25) is 0 Å². The highest BCUT2D eigenvalue weighted by Gasteiger charge is 2.12. The quantitative estimate of drug-likeness (QED) is 0.891. The number of hydrogen-bond acceptors (Lipinski definition) is 4. The van der Waals surface area contributed by atoms with Crippen LogP contribution in [-0.4, -0.2) is 21.3 Å². The Balaban J connectivity index is 2.22. The Morgan fingerprint density at radius 2 is 1.71 bits per heavy atom. The fourth-order valence-electron chi connectivity index (χ4n) is 2.07. The van der Waals surface area contributed by atoms with E-state index in [0.29, 0.717) is 23.7 Å². The number of nitrogens with one attached hydrogen (secondary N) is 1. The fourth-order valence-corrected chi connectivity index (χ4v) is 2.94. The van der Waals surface area contributed by atoms with Gasteiger partial charge in [0.1, 0.15) is 5.75 Å². The standard InChI is InChI=1S/C16H19NO3S/c1-3-20-15-10-6-4-8-13(15)12-17-14-9-5-7-11-16(14)21(2,18)19/h4-11,17H,3,12H2,1-2H3. The highest BCUT2D eigenvalue weighted by atomic mass is 32.2. The van der Waals surface area contributed by atoms with Crippen molar-refractivity contribution >= 4 is 15.5 Å². The molecule has 0 saturated carbocycles. The molecular formula is C16H19NO3S. The van der Waals surface area contributed by atoms with Crippen LogP contribution in [0.25, 0.3) is 0 Å². The molecule has 0 heterocycles. The molecule has 4 nitrogen and oxygen atoms in total. The summed E-state index contributed by atoms with van der Waals surface area (Å²) in [5, 5.41) is 3.18. The molecule has 0 radical (unpaired) electrons. The number of anilines is 1. The molecule has 0 unspecified atom stereocenters. The summed E-state index contributed by atoms with van der Waals surface area (Å²) in [6.45, 7) is 3.03. The first-order valence-corrected chi connectivity index (χ1v) is 8.65. The number of para-hydroxylation sites is 2. The largest absolute Gasteiger partial charge is 0.494 e. The van der Waals surface area contributed by atoms with Gasteiger partial charge < -0.3 is 10.1 Å². The van der Waals surface area contributed by atoms with Crippen molar-refractivity contribution in [3.05, 3.63) is 54.1 Å². The van der Waals surface area contributed by atoms with Crippen LogP contribution in [0.15, 0.2) is 53.4 Å². The number of rotatable bonds is 6. The smallest absolute Gasteiger partial charge is 0.177 e. The Bertz CT molecular complexity index is 711. The summed E-state index contributed by atoms with van der Waals surface area (Å²) in [5.41, 5.74) is 1.59. The molecule has 0 fully saturated rings. The first kappa shape index (κ1) is 15.4. The summed E-state index contributed by atoms with van der Waals surface area (Å²) >= 11 is 0. The van der Waals surface area contributed by atoms with E-state index in [4.69, 9.17) is 4.74 Å². The van der Waals surface area contributed by atoms with Crippen LogP contribution in [-0.2, 0) is 16.4 Å². The Hall–Kier alpha value is -2.01. The maximum Gasteiger partial charge on any atom is 0.177 e. The van der Waals surface area contributed by atoms with Gasteiger partial charge in [-0.05, 0) is 25.1 Å². The predicted molar refractivity (Wildman–Crippen MR) is 84.5 cm³/mol. The molecule has 21 heavy (non-hydrogen) atoms. The van der Waals surface area contributed by atoms with Gasteiger partial charge >= 0.3 is 0 Å². The topological polar surface area (TPSA) is 55.4 Å². The lowest BCUT2D eigenvalue weighted by Crippen LogP contribution is -2.07. The van der Waals surface area contributed by atoms with Crippen molar-refractivity contribution in [3.63, 3.8) is 0 Å². The number of hydrogen-bond donors (Lipinski definition) is 1. The normalized spacial score (nSPS) is 11.1. The van der Waals surface area contributed by atoms with Crippen LogP contribution in [0.2, 0.25) is 0 Å². The molecule has 2 aromatic rings. The molecule has 0 bridgehead atoms. The average Bonchev–Trinajstić information content (AvgIpc) is 2.46. The van der Waals surface area contributed by atoms with Gasteiger partial charge in [0.05, 0.1) is 17.2 Å². The number of sulfone groups is 1. The number of benzene rings is 2. The van der Waals surface area contributed by atoms with E-state index in [0.717, 1.165) is 11.3 Å². The Labute approximate surface area is 125 Å². The van der Waals surface area contributed by atoms with Gasteiger partial charge in [0.25, 0.3) is 0 Å². The van der Waals surface area contributed by atoms with Crippen LogP contribution >= 0.6 is 0 Å². The van der Waals surface area contributed by atoms with Crippen molar-refractivity contribution < 1.29 is 13.2 Å². The summed E-state index contributed by atoms with van der Waals surface area (Å²) in [4.78, 5) is 0.305. The van der Waals surface area contributed by atoms with Crippen molar-refractivity contribution in [2.24, 2.45) is 0 Å². The minimum Gasteiger partial charge on any atom is -0.494 e. The second kappa shape index (κ2) is 6.63. The zero-order valence-electron chi connectivity index (χ0n) is 12.2. The molecule has 0 aliphatic rings. The van der Waals surface area contributed by atoms with Gasteiger partial charge in [-0.2, -0.15) is 0 Å². The van der Waals surface area contributed by atoms with E-state index >= 15 is 0 Å². The highest BCUT2D eigenvalue weighted by Crippen LogP contribution is 2.23. The molecule has 0 aliphatic heterocycles. The molecule has 0 aliphatic carbocycles. The van der Waals surface area contributed by atoms with Crippen molar-refractivity contribution in [1.29, 1.82) is 0 Å². The summed E-state index contributed by atoms with van der Waals surface area (Å²) in [6, 6.07) is 14.6. The molecule has 0 spiro atoms. The third kappa shape index (κ3) is 3.98. The van der Waals surface area contributed by atoms with E-state index in [2.05, 4.69) is 5.32 Å². The minimum atomic E-state index is -3.25. The van der Waals surface area contributed by atoms with Crippen LogP contribution in [0, 0.1) is 0 Å². The molecule has 1 N–H and O–H groups in total. The van der Waals surface area contributed by atoms with Crippen molar-refractivity contribution in [3.8, 4) is 5.75 Å². The summed E-state index contributed by atoms with van der Waals surface area (Å²) < 4.78 is 29.1. The van der Waals surface area contributed by atoms with Crippen molar-refractivity contribution in [2.45, 2.75) is 18.4 Å². The third-order valence-corrected chi connectivity index (χ3v) is 4.18. The van der Waals surface area contributed by atoms with Crippen LogP contribution in [0.1, 0.15) is 12.5 Å². The highest BCUT2D eigenvalue weighted by molar-refractivity contribution is 7.90. The summed E-state index contributed by atoms with van der Waals surface area (Å²) in [6.07, 6.45) is 1.21. The van der Waals surface area contributed by atoms with Crippen LogP contribution in [0.3, 0.4) is 0 Å². The lowest BCUT2D eigenvalue weighted by atomic mass is 10.2. The molecule has 0 saturated heterocycles. The van der Waals surface area contributed by atoms with Crippen LogP contribution in [0.5, 0.6) is 5.75 Å². The van der Waals surface area contributed by atoms with Crippen molar-refractivity contribution in [2.75, 3.05) is 18.2 Å². The third-order valence-electron chi connectivity index (χ3n) is 3.03. The Morgan fingerprint density at radius 3 is 2.43 bits per heavy atom. The van der Waals surface area contributed by atoms with Gasteiger partial charge in [-0.3, -0.25) is 0 Å². The molecule has 112 valence electrons. The SMILES string of the molecule is CCOc1ccccc1CNc1ccccc1S(C)(=O)=O. The fraction of sp³-hybridized carbons (Fsp3) is 0.250. The van der Waals surface area contributed by atoms with Gasteiger partial charge in [-0.1, -0.05) is 30.3 Å². The van der Waals surface area contributed by atoms with E-state index in [1.165, 1.54) is 6.26 Å². The molecule has 2 aromatic carbocycles. The summed E-state index contributed by atoms with van der Waals surface area (Å²) in [5.74, 6) is 0.810. The zero-order valence-corrected chi connectivity index (χ0v) is 13.0. The lowest BCUT2D eigenvalue weighted by Gasteiger charge is -2.13. The van der Waals surface area contributed by atoms with E-state index in [1.54, 1.807) is 18.2 Å². The molecule has 5 heteroatoms. The second-order valence-electron chi connectivity index (χ2n) is 4.66. The van der Waals surface area contributed by atoms with Crippen LogP contribution in [0.4, 0.5) is 5.69 Å². The monoisotopic (exact) mass is 305 g/mol. The van der Waals surface area contributed by atoms with E-state index in [1.807, 2.05) is 37.3 Å². The maximum atomic E-state index is 11.8. The first-order chi connectivity index (χ1) is 10.0. The number of ether oxygens (including phenoxy) is 1.